The number of likely N-dealkylation sites (tertiary alicyclic amines) is 1. The first-order valence-electron chi connectivity index (χ1n) is 6.11. The lowest BCUT2D eigenvalue weighted by molar-refractivity contribution is -0.137. The van der Waals surface area contributed by atoms with Crippen LogP contribution in [0.25, 0.3) is 0 Å². The Bertz CT molecular complexity index is 476. The van der Waals surface area contributed by atoms with Gasteiger partial charge in [-0.25, -0.2) is 0 Å². The molecule has 1 aromatic rings. The predicted octanol–water partition coefficient (Wildman–Crippen LogP) is 1.59. The number of amides is 1. The smallest absolute Gasteiger partial charge is 0.323 e. The van der Waals surface area contributed by atoms with E-state index in [2.05, 4.69) is 0 Å². The molecule has 0 unspecified atom stereocenters. The third-order valence-electron chi connectivity index (χ3n) is 3.50. The van der Waals surface area contributed by atoms with Gasteiger partial charge in [-0.2, -0.15) is 0 Å². The van der Waals surface area contributed by atoms with Crippen molar-refractivity contribution >= 4 is 11.9 Å². The molecule has 1 saturated heterocycles. The van der Waals surface area contributed by atoms with E-state index in [4.69, 9.17) is 5.11 Å². The summed E-state index contributed by atoms with van der Waals surface area (Å²) in [6.07, 6.45) is 3.61. The summed E-state index contributed by atoms with van der Waals surface area (Å²) in [5.74, 6) is -1.02. The van der Waals surface area contributed by atoms with Crippen LogP contribution in [0.5, 0.6) is 0 Å². The zero-order valence-electron chi connectivity index (χ0n) is 10.7. The van der Waals surface area contributed by atoms with Crippen molar-refractivity contribution in [2.24, 2.45) is 0 Å². The second kappa shape index (κ2) is 4.48. The number of hydrogen-bond donors (Lipinski definition) is 1. The Balaban J connectivity index is 2.24. The number of rotatable bonds is 3. The highest BCUT2D eigenvalue weighted by Gasteiger charge is 2.36. The lowest BCUT2D eigenvalue weighted by Gasteiger charge is -2.31. The highest BCUT2D eigenvalue weighted by atomic mass is 16.4. The van der Waals surface area contributed by atoms with Crippen LogP contribution in [-0.4, -0.2) is 38.5 Å². The van der Waals surface area contributed by atoms with Gasteiger partial charge in [-0.3, -0.25) is 9.59 Å². The van der Waals surface area contributed by atoms with Crippen LogP contribution in [0.2, 0.25) is 0 Å². The van der Waals surface area contributed by atoms with E-state index in [-0.39, 0.29) is 18.0 Å². The minimum atomic E-state index is -0.944. The van der Waals surface area contributed by atoms with Gasteiger partial charge in [-0.1, -0.05) is 0 Å². The molecule has 0 aromatic carbocycles. The lowest BCUT2D eigenvalue weighted by Crippen LogP contribution is -2.43. The number of aromatic nitrogens is 1. The second-order valence-corrected chi connectivity index (χ2v) is 5.29. The van der Waals surface area contributed by atoms with Gasteiger partial charge in [0, 0.05) is 18.3 Å². The lowest BCUT2D eigenvalue weighted by atomic mass is 10.0. The summed E-state index contributed by atoms with van der Waals surface area (Å²) in [4.78, 5) is 25.0. The maximum Gasteiger partial charge on any atom is 0.323 e. The van der Waals surface area contributed by atoms with Crippen LogP contribution in [0.3, 0.4) is 0 Å². The average Bonchev–Trinajstić information content (AvgIpc) is 2.82. The fourth-order valence-corrected chi connectivity index (χ4v) is 2.51. The van der Waals surface area contributed by atoms with Gasteiger partial charge in [0.15, 0.2) is 0 Å². The molecule has 0 spiro atoms. The van der Waals surface area contributed by atoms with Crippen molar-refractivity contribution in [3.05, 3.63) is 24.0 Å². The summed E-state index contributed by atoms with van der Waals surface area (Å²) in [6.45, 7) is 4.65. The molecule has 0 radical (unpaired) electrons. The van der Waals surface area contributed by atoms with E-state index in [9.17, 15) is 9.59 Å². The van der Waals surface area contributed by atoms with E-state index in [1.165, 1.54) is 4.57 Å². The number of carboxylic acid groups (broad SMARTS) is 1. The second-order valence-electron chi connectivity index (χ2n) is 5.29. The maximum absolute atomic E-state index is 12.4. The minimum absolute atomic E-state index is 0.0799. The molecule has 0 bridgehead atoms. The molecule has 98 valence electrons. The topological polar surface area (TPSA) is 62.5 Å². The normalized spacial score (nSPS) is 18.0. The van der Waals surface area contributed by atoms with Crippen LogP contribution in [0.15, 0.2) is 18.3 Å². The van der Waals surface area contributed by atoms with E-state index < -0.39 is 5.97 Å². The first kappa shape index (κ1) is 12.7. The molecule has 0 atom stereocenters. The quantitative estimate of drug-likeness (QED) is 0.886. The predicted molar refractivity (Wildman–Crippen MR) is 66.4 cm³/mol. The number of hydrogen-bond acceptors (Lipinski definition) is 2. The van der Waals surface area contributed by atoms with Crippen LogP contribution < -0.4 is 0 Å². The van der Waals surface area contributed by atoms with E-state index in [1.54, 1.807) is 18.3 Å². The van der Waals surface area contributed by atoms with Gasteiger partial charge in [0.25, 0.3) is 5.91 Å². The molecule has 18 heavy (non-hydrogen) atoms. The summed E-state index contributed by atoms with van der Waals surface area (Å²) < 4.78 is 1.49. The van der Waals surface area contributed by atoms with Crippen molar-refractivity contribution in [1.29, 1.82) is 0 Å². The Morgan fingerprint density at radius 1 is 1.44 bits per heavy atom. The SMILES string of the molecule is CC1(C)CCCN1C(=O)c1cccn1CC(=O)O. The van der Waals surface area contributed by atoms with Gasteiger partial charge in [0.2, 0.25) is 0 Å². The van der Waals surface area contributed by atoms with Crippen molar-refractivity contribution in [3.8, 4) is 0 Å². The summed E-state index contributed by atoms with van der Waals surface area (Å²) in [5.41, 5.74) is 0.308. The van der Waals surface area contributed by atoms with Crippen molar-refractivity contribution in [3.63, 3.8) is 0 Å². The van der Waals surface area contributed by atoms with E-state index in [0.29, 0.717) is 5.69 Å². The van der Waals surface area contributed by atoms with Crippen molar-refractivity contribution in [2.45, 2.75) is 38.8 Å². The summed E-state index contributed by atoms with van der Waals surface area (Å²) in [6, 6.07) is 3.39. The largest absolute Gasteiger partial charge is 0.480 e. The molecule has 1 aliphatic rings. The highest BCUT2D eigenvalue weighted by molar-refractivity contribution is 5.93. The third kappa shape index (κ3) is 2.25. The molecule has 1 aliphatic heterocycles. The van der Waals surface area contributed by atoms with Crippen molar-refractivity contribution in [2.75, 3.05) is 6.54 Å². The Morgan fingerprint density at radius 2 is 2.17 bits per heavy atom. The van der Waals surface area contributed by atoms with Gasteiger partial charge in [0.1, 0.15) is 12.2 Å². The van der Waals surface area contributed by atoms with Crippen LogP contribution in [0.1, 0.15) is 37.2 Å². The molecule has 0 saturated carbocycles. The Hall–Kier alpha value is -1.78. The summed E-state index contributed by atoms with van der Waals surface area (Å²) in [7, 11) is 0. The van der Waals surface area contributed by atoms with Gasteiger partial charge in [0.05, 0.1) is 0 Å². The average molecular weight is 250 g/mol. The zero-order valence-corrected chi connectivity index (χ0v) is 10.7. The minimum Gasteiger partial charge on any atom is -0.480 e. The van der Waals surface area contributed by atoms with Crippen LogP contribution >= 0.6 is 0 Å². The number of carbonyl (C=O) groups is 2. The fraction of sp³-hybridized carbons (Fsp3) is 0.538. The molecule has 2 rings (SSSR count). The van der Waals surface area contributed by atoms with Crippen LogP contribution in [0, 0.1) is 0 Å². The molecular formula is C13H18N2O3. The highest BCUT2D eigenvalue weighted by Crippen LogP contribution is 2.29. The van der Waals surface area contributed by atoms with Gasteiger partial charge in [-0.05, 0) is 38.8 Å². The Kier molecular flexibility index (Phi) is 3.15. The monoisotopic (exact) mass is 250 g/mol. The number of carbonyl (C=O) groups excluding carboxylic acids is 1. The molecule has 5 heteroatoms. The molecular weight excluding hydrogens is 232 g/mol. The van der Waals surface area contributed by atoms with Gasteiger partial charge < -0.3 is 14.6 Å². The van der Waals surface area contributed by atoms with Crippen LogP contribution in [0.4, 0.5) is 0 Å². The Morgan fingerprint density at radius 3 is 2.72 bits per heavy atom. The molecule has 5 nitrogen and oxygen atoms in total. The molecule has 0 aliphatic carbocycles. The molecule has 1 amide bonds. The number of aliphatic carboxylic acids is 1. The third-order valence-corrected chi connectivity index (χ3v) is 3.50. The first-order chi connectivity index (χ1) is 8.42. The molecule has 1 fully saturated rings. The summed E-state index contributed by atoms with van der Waals surface area (Å²) in [5, 5.41) is 8.81. The Labute approximate surface area is 106 Å². The standard InChI is InChI=1S/C13H18N2O3/c1-13(2)6-4-8-15(13)12(18)10-5-3-7-14(10)9-11(16)17/h3,5,7H,4,6,8-9H2,1-2H3,(H,16,17). The zero-order chi connectivity index (χ0) is 13.3. The fourth-order valence-electron chi connectivity index (χ4n) is 2.51. The van der Waals surface area contributed by atoms with E-state index in [0.717, 1.165) is 19.4 Å². The van der Waals surface area contributed by atoms with E-state index in [1.807, 2.05) is 18.7 Å². The number of nitrogens with zero attached hydrogens (tertiary/aromatic N) is 2. The van der Waals surface area contributed by atoms with Crippen molar-refractivity contribution < 1.29 is 14.7 Å². The molecule has 1 N–H and O–H groups in total. The summed E-state index contributed by atoms with van der Waals surface area (Å²) >= 11 is 0. The molecule has 2 heterocycles. The number of carboxylic acids is 1. The van der Waals surface area contributed by atoms with Crippen molar-refractivity contribution in [1.82, 2.24) is 9.47 Å². The molecule has 1 aromatic heterocycles. The van der Waals surface area contributed by atoms with Crippen LogP contribution in [-0.2, 0) is 11.3 Å². The van der Waals surface area contributed by atoms with E-state index >= 15 is 0 Å². The maximum atomic E-state index is 12.4. The van der Waals surface area contributed by atoms with Gasteiger partial charge in [-0.15, -0.1) is 0 Å². The van der Waals surface area contributed by atoms with Gasteiger partial charge >= 0.3 is 5.97 Å². The first-order valence-corrected chi connectivity index (χ1v) is 6.11.